The van der Waals surface area contributed by atoms with Crippen molar-refractivity contribution in [3.63, 3.8) is 0 Å². The Morgan fingerprint density at radius 2 is 1.97 bits per heavy atom. The number of hydrogen-bond acceptors (Lipinski definition) is 4. The van der Waals surface area contributed by atoms with Gasteiger partial charge in [-0.2, -0.15) is 0 Å². The minimum Gasteiger partial charge on any atom is -0.487 e. The maximum atomic E-state index is 9.56. The minimum absolute atomic E-state index is 0. The second kappa shape index (κ2) is 14.3. The molecule has 1 aromatic carbocycles. The van der Waals surface area contributed by atoms with E-state index in [2.05, 4.69) is 28.6 Å². The van der Waals surface area contributed by atoms with Crippen molar-refractivity contribution >= 4 is 29.9 Å². The molecule has 2 aromatic rings. The number of ether oxygens (including phenoxy) is 1. The predicted molar refractivity (Wildman–Crippen MR) is 140 cm³/mol. The number of pyridine rings is 1. The highest BCUT2D eigenvalue weighted by atomic mass is 127. The zero-order valence-corrected chi connectivity index (χ0v) is 21.4. The first-order valence-electron chi connectivity index (χ1n) is 11.5. The largest absolute Gasteiger partial charge is 0.487 e. The van der Waals surface area contributed by atoms with Gasteiger partial charge in [-0.25, -0.2) is 4.99 Å². The van der Waals surface area contributed by atoms with Gasteiger partial charge in [0.25, 0.3) is 0 Å². The van der Waals surface area contributed by atoms with Crippen LogP contribution in [0.15, 0.2) is 53.7 Å². The Bertz CT molecular complexity index is 805. The van der Waals surface area contributed by atoms with Gasteiger partial charge in [0.1, 0.15) is 12.4 Å². The van der Waals surface area contributed by atoms with Gasteiger partial charge in [0.2, 0.25) is 0 Å². The van der Waals surface area contributed by atoms with Gasteiger partial charge in [0.15, 0.2) is 5.96 Å². The van der Waals surface area contributed by atoms with Gasteiger partial charge >= 0.3 is 0 Å². The van der Waals surface area contributed by atoms with E-state index in [1.165, 1.54) is 32.1 Å². The number of aliphatic hydroxyl groups is 1. The molecule has 1 aliphatic rings. The number of aromatic nitrogens is 1. The smallest absolute Gasteiger partial charge is 0.191 e. The highest BCUT2D eigenvalue weighted by molar-refractivity contribution is 14.0. The molecule has 1 fully saturated rings. The third kappa shape index (κ3) is 8.58. The lowest BCUT2D eigenvalue weighted by atomic mass is 9.72. The van der Waals surface area contributed by atoms with Crippen LogP contribution in [0.2, 0.25) is 0 Å². The zero-order valence-electron chi connectivity index (χ0n) is 19.1. The van der Waals surface area contributed by atoms with Gasteiger partial charge in [-0.1, -0.05) is 37.5 Å². The molecule has 0 spiro atoms. The van der Waals surface area contributed by atoms with E-state index >= 15 is 0 Å². The fourth-order valence-corrected chi connectivity index (χ4v) is 4.21. The Labute approximate surface area is 209 Å². The first-order valence-corrected chi connectivity index (χ1v) is 11.5. The Morgan fingerprint density at radius 1 is 1.12 bits per heavy atom. The van der Waals surface area contributed by atoms with Crippen molar-refractivity contribution in [2.75, 3.05) is 19.7 Å². The van der Waals surface area contributed by atoms with Crippen LogP contribution in [-0.2, 0) is 13.2 Å². The van der Waals surface area contributed by atoms with E-state index in [1.54, 1.807) is 6.20 Å². The van der Waals surface area contributed by atoms with E-state index in [0.29, 0.717) is 13.2 Å². The average Bonchev–Trinajstić information content (AvgIpc) is 2.81. The van der Waals surface area contributed by atoms with Gasteiger partial charge in [0, 0.05) is 25.9 Å². The van der Waals surface area contributed by atoms with Crippen molar-refractivity contribution in [2.45, 2.75) is 58.6 Å². The SMILES string of the molecule is CCNC(=NCc1cccc(OCc2ccccn2)c1)NCC1(CCO)CCCCC1.I. The van der Waals surface area contributed by atoms with Gasteiger partial charge < -0.3 is 20.5 Å². The number of hydrogen-bond donors (Lipinski definition) is 3. The van der Waals surface area contributed by atoms with Crippen molar-refractivity contribution in [1.29, 1.82) is 0 Å². The van der Waals surface area contributed by atoms with E-state index in [4.69, 9.17) is 9.73 Å². The molecule has 1 aromatic heterocycles. The van der Waals surface area contributed by atoms with Crippen LogP contribution in [-0.4, -0.2) is 35.7 Å². The topological polar surface area (TPSA) is 78.8 Å². The molecule has 1 saturated carbocycles. The normalized spacial score (nSPS) is 15.5. The molecule has 3 N–H and O–H groups in total. The quantitative estimate of drug-likeness (QED) is 0.227. The van der Waals surface area contributed by atoms with Crippen molar-refractivity contribution in [1.82, 2.24) is 15.6 Å². The molecule has 0 aliphatic heterocycles. The lowest BCUT2D eigenvalue weighted by Gasteiger charge is -2.37. The van der Waals surface area contributed by atoms with Gasteiger partial charge in [-0.3, -0.25) is 4.98 Å². The van der Waals surface area contributed by atoms with Gasteiger partial charge in [-0.05, 0) is 61.4 Å². The van der Waals surface area contributed by atoms with Crippen LogP contribution in [0.25, 0.3) is 0 Å². The predicted octanol–water partition coefficient (Wildman–Crippen LogP) is 4.67. The van der Waals surface area contributed by atoms with Crippen LogP contribution in [0.1, 0.15) is 56.7 Å². The van der Waals surface area contributed by atoms with Crippen molar-refractivity contribution in [3.05, 3.63) is 59.9 Å². The molecular formula is C25H37IN4O2. The first-order chi connectivity index (χ1) is 15.2. The average molecular weight is 553 g/mol. The number of nitrogens with zero attached hydrogens (tertiary/aromatic N) is 2. The highest BCUT2D eigenvalue weighted by Gasteiger charge is 2.31. The summed E-state index contributed by atoms with van der Waals surface area (Å²) in [6, 6.07) is 13.9. The summed E-state index contributed by atoms with van der Waals surface area (Å²) in [5.41, 5.74) is 2.19. The Balaban J connectivity index is 0.00000363. The van der Waals surface area contributed by atoms with Crippen LogP contribution in [0.4, 0.5) is 0 Å². The summed E-state index contributed by atoms with van der Waals surface area (Å²) in [4.78, 5) is 9.08. The molecule has 1 aliphatic carbocycles. The summed E-state index contributed by atoms with van der Waals surface area (Å²) >= 11 is 0. The van der Waals surface area contributed by atoms with E-state index in [-0.39, 0.29) is 36.0 Å². The molecule has 0 atom stereocenters. The Hall–Kier alpha value is -1.87. The Morgan fingerprint density at radius 3 is 2.69 bits per heavy atom. The maximum absolute atomic E-state index is 9.56. The summed E-state index contributed by atoms with van der Waals surface area (Å²) < 4.78 is 5.89. The van der Waals surface area contributed by atoms with Crippen LogP contribution in [0.5, 0.6) is 5.75 Å². The van der Waals surface area contributed by atoms with Crippen molar-refractivity contribution < 1.29 is 9.84 Å². The number of aliphatic imine (C=N–C) groups is 1. The monoisotopic (exact) mass is 552 g/mol. The first kappa shape index (κ1) is 26.4. The van der Waals surface area contributed by atoms with Gasteiger partial charge in [-0.15, -0.1) is 24.0 Å². The van der Waals surface area contributed by atoms with E-state index in [0.717, 1.165) is 42.5 Å². The van der Waals surface area contributed by atoms with Gasteiger partial charge in [0.05, 0.1) is 12.2 Å². The molecule has 1 heterocycles. The fraction of sp³-hybridized carbons (Fsp3) is 0.520. The number of halogens is 1. The van der Waals surface area contributed by atoms with Crippen molar-refractivity contribution in [2.24, 2.45) is 10.4 Å². The molecular weight excluding hydrogens is 515 g/mol. The van der Waals surface area contributed by atoms with Crippen LogP contribution in [0.3, 0.4) is 0 Å². The molecule has 0 radical (unpaired) electrons. The number of nitrogens with one attached hydrogen (secondary N) is 2. The third-order valence-electron chi connectivity index (χ3n) is 5.96. The lowest BCUT2D eigenvalue weighted by molar-refractivity contribution is 0.131. The Kier molecular flexibility index (Phi) is 11.8. The molecule has 3 rings (SSSR count). The standard InChI is InChI=1S/C25H36N4O2.HI/c1-2-26-24(29-20-25(14-16-30)12-5-3-6-13-25)28-18-21-9-8-11-23(17-21)31-19-22-10-4-7-15-27-22;/h4,7-11,15,17,30H,2-3,5-6,12-14,16,18-20H2,1H3,(H2,26,28,29);1H. The van der Waals surface area contributed by atoms with E-state index in [1.807, 2.05) is 36.4 Å². The zero-order chi connectivity index (χ0) is 21.8. The second-order valence-corrected chi connectivity index (χ2v) is 8.34. The lowest BCUT2D eigenvalue weighted by Crippen LogP contribution is -2.44. The van der Waals surface area contributed by atoms with Crippen LogP contribution < -0.4 is 15.4 Å². The fourth-order valence-electron chi connectivity index (χ4n) is 4.21. The summed E-state index contributed by atoms with van der Waals surface area (Å²) in [5.74, 6) is 1.64. The van der Waals surface area contributed by atoms with E-state index in [9.17, 15) is 5.11 Å². The summed E-state index contributed by atoms with van der Waals surface area (Å²) in [7, 11) is 0. The molecule has 6 nitrogen and oxygen atoms in total. The van der Waals surface area contributed by atoms with Crippen LogP contribution in [0, 0.1) is 5.41 Å². The van der Waals surface area contributed by atoms with Crippen molar-refractivity contribution in [3.8, 4) is 5.75 Å². The minimum atomic E-state index is 0. The molecule has 7 heteroatoms. The van der Waals surface area contributed by atoms with E-state index < -0.39 is 0 Å². The molecule has 176 valence electrons. The maximum Gasteiger partial charge on any atom is 0.191 e. The number of aliphatic hydroxyl groups excluding tert-OH is 1. The molecule has 0 unspecified atom stereocenters. The van der Waals surface area contributed by atoms with Crippen LogP contribution >= 0.6 is 24.0 Å². The molecule has 32 heavy (non-hydrogen) atoms. The molecule has 0 bridgehead atoms. The molecule has 0 saturated heterocycles. The summed E-state index contributed by atoms with van der Waals surface area (Å²) in [6.45, 7) is 5.01. The summed E-state index contributed by atoms with van der Waals surface area (Å²) in [5, 5.41) is 16.4. The number of guanidine groups is 1. The highest BCUT2D eigenvalue weighted by Crippen LogP contribution is 2.38. The molecule has 0 amide bonds. The summed E-state index contributed by atoms with van der Waals surface area (Å²) in [6.07, 6.45) is 8.79. The second-order valence-electron chi connectivity index (χ2n) is 8.34. The third-order valence-corrected chi connectivity index (χ3v) is 5.96. The number of rotatable bonds is 10. The number of benzene rings is 1.